The van der Waals surface area contributed by atoms with E-state index >= 15 is 0 Å². The lowest BCUT2D eigenvalue weighted by atomic mass is 10.1. The molecule has 4 heteroatoms. The van der Waals surface area contributed by atoms with Gasteiger partial charge in [0.15, 0.2) is 15.6 Å². The second-order valence-electron chi connectivity index (χ2n) is 5.43. The van der Waals surface area contributed by atoms with Crippen LogP contribution in [0, 0.1) is 0 Å². The Morgan fingerprint density at radius 3 is 2.05 bits per heavy atom. The maximum atomic E-state index is 12.9. The van der Waals surface area contributed by atoms with Crippen molar-refractivity contribution in [3.63, 3.8) is 0 Å². The molecule has 3 nitrogen and oxygen atoms in total. The largest absolute Gasteiger partial charge is 0.298 e. The summed E-state index contributed by atoms with van der Waals surface area (Å²) in [5, 5.41) is 0. The van der Waals surface area contributed by atoms with Crippen LogP contribution < -0.4 is 0 Å². The highest BCUT2D eigenvalue weighted by atomic mass is 32.2. The van der Waals surface area contributed by atoms with Gasteiger partial charge in [0.25, 0.3) is 0 Å². The zero-order valence-corrected chi connectivity index (χ0v) is 12.5. The zero-order chi connectivity index (χ0) is 15.1. The van der Waals surface area contributed by atoms with E-state index in [-0.39, 0.29) is 16.6 Å². The first kappa shape index (κ1) is 14.0. The number of sulfone groups is 1. The van der Waals surface area contributed by atoms with Crippen LogP contribution in [0.25, 0.3) is 0 Å². The quantitative estimate of drug-likeness (QED) is 0.872. The van der Waals surface area contributed by atoms with Crippen LogP contribution in [0.1, 0.15) is 24.8 Å². The summed E-state index contributed by atoms with van der Waals surface area (Å²) in [6.45, 7) is 1.38. The minimum Gasteiger partial charge on any atom is -0.298 e. The fraction of sp³-hybridized carbons (Fsp3) is 0.235. The van der Waals surface area contributed by atoms with E-state index in [9.17, 15) is 13.2 Å². The number of Topliss-reactive ketones (excluding diaryl/α,β-unsaturated/α-hetero) is 1. The summed E-state index contributed by atoms with van der Waals surface area (Å²) in [6, 6.07) is 17.6. The highest BCUT2D eigenvalue weighted by Crippen LogP contribution is 2.59. The predicted octanol–water partition coefficient (Wildman–Crippen LogP) is 2.98. The second kappa shape index (κ2) is 4.81. The average molecular weight is 300 g/mol. The van der Waals surface area contributed by atoms with Crippen LogP contribution in [-0.2, 0) is 14.6 Å². The molecule has 108 valence electrons. The van der Waals surface area contributed by atoms with Gasteiger partial charge in [-0.05, 0) is 31.0 Å². The third-order valence-corrected chi connectivity index (χ3v) is 6.83. The van der Waals surface area contributed by atoms with Crippen LogP contribution in [0.15, 0.2) is 65.6 Å². The van der Waals surface area contributed by atoms with Crippen LogP contribution in [0.4, 0.5) is 0 Å². The first-order valence-corrected chi connectivity index (χ1v) is 8.34. The van der Waals surface area contributed by atoms with Gasteiger partial charge in [0.05, 0.1) is 4.90 Å². The number of benzene rings is 2. The molecule has 0 heterocycles. The van der Waals surface area contributed by atoms with E-state index in [0.717, 1.165) is 5.56 Å². The SMILES string of the molecule is CC(=O)C1(S(=O)(=O)c2ccccc2)CC1c1ccccc1. The molecule has 21 heavy (non-hydrogen) atoms. The van der Waals surface area contributed by atoms with Crippen LogP contribution in [0.5, 0.6) is 0 Å². The molecule has 1 aliphatic rings. The molecule has 2 aromatic carbocycles. The molecule has 0 radical (unpaired) electrons. The Bertz CT molecular complexity index is 766. The molecule has 2 unspecified atom stereocenters. The molecule has 0 N–H and O–H groups in total. The summed E-state index contributed by atoms with van der Waals surface area (Å²) in [5.41, 5.74) is 0.909. The fourth-order valence-electron chi connectivity index (χ4n) is 3.00. The van der Waals surface area contributed by atoms with Gasteiger partial charge < -0.3 is 0 Å². The molecule has 2 aromatic rings. The van der Waals surface area contributed by atoms with Crippen LogP contribution in [-0.4, -0.2) is 18.9 Å². The van der Waals surface area contributed by atoms with Crippen molar-refractivity contribution in [2.75, 3.05) is 0 Å². The van der Waals surface area contributed by atoms with Gasteiger partial charge in [-0.15, -0.1) is 0 Å². The van der Waals surface area contributed by atoms with Gasteiger partial charge >= 0.3 is 0 Å². The Morgan fingerprint density at radius 2 is 1.52 bits per heavy atom. The summed E-state index contributed by atoms with van der Waals surface area (Å²) in [6.07, 6.45) is 0.365. The molecule has 1 fully saturated rings. The van der Waals surface area contributed by atoms with E-state index in [0.29, 0.717) is 6.42 Å². The maximum absolute atomic E-state index is 12.9. The standard InChI is InChI=1S/C17H16O3S/c1-13(18)17(12-16(17)14-8-4-2-5-9-14)21(19,20)15-10-6-3-7-11-15/h2-11,16H,12H2,1H3. The van der Waals surface area contributed by atoms with E-state index in [2.05, 4.69) is 0 Å². The molecule has 0 saturated heterocycles. The lowest BCUT2D eigenvalue weighted by Crippen LogP contribution is -2.33. The van der Waals surface area contributed by atoms with Crippen molar-refractivity contribution in [1.29, 1.82) is 0 Å². The normalized spacial score (nSPS) is 24.5. The third kappa shape index (κ3) is 2.02. The number of hydrogen-bond donors (Lipinski definition) is 0. The summed E-state index contributed by atoms with van der Waals surface area (Å²) in [5.74, 6) is -0.526. The van der Waals surface area contributed by atoms with Crippen molar-refractivity contribution in [3.05, 3.63) is 66.2 Å². The smallest absolute Gasteiger partial charge is 0.191 e. The molecule has 3 rings (SSSR count). The van der Waals surface area contributed by atoms with Gasteiger partial charge in [-0.25, -0.2) is 8.42 Å². The van der Waals surface area contributed by atoms with E-state index in [4.69, 9.17) is 0 Å². The molecule has 0 aromatic heterocycles. The molecule has 1 aliphatic carbocycles. The molecular weight excluding hydrogens is 284 g/mol. The number of carbonyl (C=O) groups excluding carboxylic acids is 1. The topological polar surface area (TPSA) is 51.2 Å². The van der Waals surface area contributed by atoms with Gasteiger partial charge in [0.1, 0.15) is 4.75 Å². The predicted molar refractivity (Wildman–Crippen MR) is 80.8 cm³/mol. The Balaban J connectivity index is 2.08. The highest BCUT2D eigenvalue weighted by Gasteiger charge is 2.67. The molecule has 2 atom stereocenters. The summed E-state index contributed by atoms with van der Waals surface area (Å²) < 4.78 is 24.5. The van der Waals surface area contributed by atoms with E-state index in [1.807, 2.05) is 30.3 Å². The highest BCUT2D eigenvalue weighted by molar-refractivity contribution is 7.94. The van der Waals surface area contributed by atoms with Gasteiger partial charge in [-0.3, -0.25) is 4.79 Å². The Hall–Kier alpha value is -1.94. The molecular formula is C17H16O3S. The summed E-state index contributed by atoms with van der Waals surface area (Å²) in [7, 11) is -3.67. The lowest BCUT2D eigenvalue weighted by molar-refractivity contribution is -0.117. The first-order valence-electron chi connectivity index (χ1n) is 6.86. The molecule has 0 bridgehead atoms. The van der Waals surface area contributed by atoms with E-state index in [1.54, 1.807) is 30.3 Å². The minimum absolute atomic E-state index is 0.221. The fourth-order valence-corrected chi connectivity index (χ4v) is 5.21. The van der Waals surface area contributed by atoms with Gasteiger partial charge in [0, 0.05) is 5.92 Å². The lowest BCUT2D eigenvalue weighted by Gasteiger charge is -2.15. The number of ketones is 1. The van der Waals surface area contributed by atoms with Crippen molar-refractivity contribution in [2.45, 2.75) is 28.9 Å². The Morgan fingerprint density at radius 1 is 1.00 bits per heavy atom. The number of rotatable bonds is 4. The van der Waals surface area contributed by atoms with Crippen molar-refractivity contribution in [3.8, 4) is 0 Å². The number of carbonyl (C=O) groups is 1. The van der Waals surface area contributed by atoms with Crippen LogP contribution in [0.2, 0.25) is 0 Å². The van der Waals surface area contributed by atoms with Gasteiger partial charge in [0.2, 0.25) is 0 Å². The van der Waals surface area contributed by atoms with Crippen LogP contribution in [0.3, 0.4) is 0 Å². The van der Waals surface area contributed by atoms with Crippen molar-refractivity contribution in [1.82, 2.24) is 0 Å². The van der Waals surface area contributed by atoms with Crippen molar-refractivity contribution < 1.29 is 13.2 Å². The second-order valence-corrected chi connectivity index (χ2v) is 7.64. The van der Waals surface area contributed by atoms with Gasteiger partial charge in [-0.2, -0.15) is 0 Å². The average Bonchev–Trinajstić information content (AvgIpc) is 3.27. The Kier molecular flexibility index (Phi) is 3.21. The molecule has 0 amide bonds. The minimum atomic E-state index is -3.67. The summed E-state index contributed by atoms with van der Waals surface area (Å²) >= 11 is 0. The van der Waals surface area contributed by atoms with Crippen molar-refractivity contribution >= 4 is 15.6 Å². The Labute approximate surface area is 124 Å². The van der Waals surface area contributed by atoms with Crippen molar-refractivity contribution in [2.24, 2.45) is 0 Å². The number of hydrogen-bond acceptors (Lipinski definition) is 3. The van der Waals surface area contributed by atoms with Gasteiger partial charge in [-0.1, -0.05) is 48.5 Å². The molecule has 0 spiro atoms. The zero-order valence-electron chi connectivity index (χ0n) is 11.7. The summed E-state index contributed by atoms with van der Waals surface area (Å²) in [4.78, 5) is 12.4. The first-order chi connectivity index (χ1) is 10.00. The monoisotopic (exact) mass is 300 g/mol. The molecule has 1 saturated carbocycles. The van der Waals surface area contributed by atoms with E-state index in [1.165, 1.54) is 6.92 Å². The molecule has 0 aliphatic heterocycles. The third-order valence-electron chi connectivity index (χ3n) is 4.24. The van der Waals surface area contributed by atoms with Crippen LogP contribution >= 0.6 is 0 Å². The maximum Gasteiger partial charge on any atom is 0.191 e. The van der Waals surface area contributed by atoms with E-state index < -0.39 is 14.6 Å².